The van der Waals surface area contributed by atoms with E-state index in [0.717, 1.165) is 11.3 Å². The van der Waals surface area contributed by atoms with Crippen LogP contribution in [0.5, 0.6) is 0 Å². The fraction of sp³-hybridized carbons (Fsp3) is 0.143. The maximum absolute atomic E-state index is 13.6. The van der Waals surface area contributed by atoms with Gasteiger partial charge in [-0.25, -0.2) is 4.39 Å². The molecule has 26 heavy (non-hydrogen) atoms. The highest BCUT2D eigenvalue weighted by Crippen LogP contribution is 2.19. The number of benzene rings is 2. The Morgan fingerprint density at radius 1 is 0.962 bits per heavy atom. The first-order valence-corrected chi connectivity index (χ1v) is 8.43. The van der Waals surface area contributed by atoms with Crippen LogP contribution in [0, 0.1) is 5.82 Å². The molecule has 0 spiro atoms. The van der Waals surface area contributed by atoms with Gasteiger partial charge in [-0.15, -0.1) is 0 Å². The number of hydrogen-bond donors (Lipinski definition) is 2. The number of hydrogen-bond acceptors (Lipinski definition) is 3. The highest BCUT2D eigenvalue weighted by molar-refractivity contribution is 5.78. The Hall–Kier alpha value is -3.05. The van der Waals surface area contributed by atoms with Gasteiger partial charge >= 0.3 is 0 Å². The van der Waals surface area contributed by atoms with Crippen molar-refractivity contribution in [3.63, 3.8) is 0 Å². The summed E-state index contributed by atoms with van der Waals surface area (Å²) in [6, 6.07) is 21.7. The predicted octanol–water partition coefficient (Wildman–Crippen LogP) is 3.22. The molecule has 2 N–H and O–H groups in total. The second-order valence-electron chi connectivity index (χ2n) is 5.85. The van der Waals surface area contributed by atoms with Crippen LogP contribution >= 0.6 is 0 Å². The second kappa shape index (κ2) is 8.87. The van der Waals surface area contributed by atoms with Crippen LogP contribution in [-0.4, -0.2) is 17.4 Å². The molecule has 1 amide bonds. The zero-order valence-corrected chi connectivity index (χ0v) is 14.2. The number of halogens is 1. The maximum Gasteiger partial charge on any atom is 0.234 e. The normalized spacial score (nSPS) is 11.7. The number of rotatable bonds is 7. The standard InChI is InChI=1S/C21H20FN3O/c22-18-11-5-4-10-17(18)14-24-20(26)15-25-21(16-8-2-1-3-9-16)19-12-6-7-13-23-19/h1-13,21,25H,14-15H2,(H,24,26). The zero-order valence-electron chi connectivity index (χ0n) is 14.2. The summed E-state index contributed by atoms with van der Waals surface area (Å²) in [5.74, 6) is -0.526. The summed E-state index contributed by atoms with van der Waals surface area (Å²) in [6.07, 6.45) is 1.73. The quantitative estimate of drug-likeness (QED) is 0.689. The van der Waals surface area contributed by atoms with Crippen LogP contribution in [0.1, 0.15) is 22.9 Å². The van der Waals surface area contributed by atoms with E-state index in [1.54, 1.807) is 24.4 Å². The van der Waals surface area contributed by atoms with Gasteiger partial charge in [0.15, 0.2) is 0 Å². The van der Waals surface area contributed by atoms with E-state index in [9.17, 15) is 9.18 Å². The Kier molecular flexibility index (Phi) is 6.06. The summed E-state index contributed by atoms with van der Waals surface area (Å²) in [6.45, 7) is 0.261. The molecule has 0 radical (unpaired) electrons. The van der Waals surface area contributed by atoms with E-state index < -0.39 is 0 Å². The smallest absolute Gasteiger partial charge is 0.234 e. The van der Waals surface area contributed by atoms with Crippen LogP contribution in [-0.2, 0) is 11.3 Å². The number of aromatic nitrogens is 1. The molecular weight excluding hydrogens is 329 g/mol. The number of carbonyl (C=O) groups excluding carboxylic acids is 1. The van der Waals surface area contributed by atoms with Crippen LogP contribution in [0.15, 0.2) is 79.0 Å². The molecule has 0 aliphatic rings. The van der Waals surface area contributed by atoms with Gasteiger partial charge in [0, 0.05) is 18.3 Å². The lowest BCUT2D eigenvalue weighted by atomic mass is 10.0. The average Bonchev–Trinajstić information content (AvgIpc) is 2.69. The van der Waals surface area contributed by atoms with Crippen molar-refractivity contribution < 1.29 is 9.18 Å². The Labute approximate surface area is 152 Å². The Morgan fingerprint density at radius 3 is 2.42 bits per heavy atom. The Morgan fingerprint density at radius 2 is 1.69 bits per heavy atom. The summed E-state index contributed by atoms with van der Waals surface area (Å²) >= 11 is 0. The van der Waals surface area contributed by atoms with Gasteiger partial charge in [-0.3, -0.25) is 15.1 Å². The van der Waals surface area contributed by atoms with E-state index in [1.807, 2.05) is 48.5 Å². The van der Waals surface area contributed by atoms with Gasteiger partial charge in [0.05, 0.1) is 18.3 Å². The van der Waals surface area contributed by atoms with Crippen molar-refractivity contribution in [3.05, 3.63) is 102 Å². The van der Waals surface area contributed by atoms with Crippen LogP contribution in [0.25, 0.3) is 0 Å². The molecule has 1 heterocycles. The minimum Gasteiger partial charge on any atom is -0.351 e. The lowest BCUT2D eigenvalue weighted by Gasteiger charge is -2.18. The van der Waals surface area contributed by atoms with E-state index in [-0.39, 0.29) is 30.9 Å². The molecule has 3 aromatic rings. The van der Waals surface area contributed by atoms with E-state index in [2.05, 4.69) is 15.6 Å². The highest BCUT2D eigenvalue weighted by atomic mass is 19.1. The van der Waals surface area contributed by atoms with E-state index in [4.69, 9.17) is 0 Å². The first-order valence-electron chi connectivity index (χ1n) is 8.43. The summed E-state index contributed by atoms with van der Waals surface area (Å²) in [5.41, 5.74) is 2.32. The minimum absolute atomic E-state index is 0.102. The summed E-state index contributed by atoms with van der Waals surface area (Å²) < 4.78 is 13.6. The lowest BCUT2D eigenvalue weighted by Crippen LogP contribution is -2.36. The summed E-state index contributed by atoms with van der Waals surface area (Å²) in [5, 5.41) is 5.97. The number of nitrogens with one attached hydrogen (secondary N) is 2. The molecule has 0 saturated carbocycles. The van der Waals surface area contributed by atoms with Crippen molar-refractivity contribution >= 4 is 5.91 Å². The van der Waals surface area contributed by atoms with Gasteiger partial charge in [-0.05, 0) is 23.8 Å². The van der Waals surface area contributed by atoms with Crippen molar-refractivity contribution in [2.75, 3.05) is 6.54 Å². The molecule has 1 atom stereocenters. The van der Waals surface area contributed by atoms with Crippen LogP contribution in [0.2, 0.25) is 0 Å². The van der Waals surface area contributed by atoms with E-state index >= 15 is 0 Å². The summed E-state index contributed by atoms with van der Waals surface area (Å²) in [4.78, 5) is 16.6. The lowest BCUT2D eigenvalue weighted by molar-refractivity contribution is -0.120. The minimum atomic E-state index is -0.323. The largest absolute Gasteiger partial charge is 0.351 e. The van der Waals surface area contributed by atoms with Crippen LogP contribution in [0.4, 0.5) is 4.39 Å². The summed E-state index contributed by atoms with van der Waals surface area (Å²) in [7, 11) is 0. The molecular formula is C21H20FN3O. The Balaban J connectivity index is 1.63. The zero-order chi connectivity index (χ0) is 18.2. The van der Waals surface area contributed by atoms with Crippen molar-refractivity contribution in [3.8, 4) is 0 Å². The maximum atomic E-state index is 13.6. The van der Waals surface area contributed by atoms with Gasteiger partial charge in [-0.1, -0.05) is 54.6 Å². The topological polar surface area (TPSA) is 54.0 Å². The fourth-order valence-corrected chi connectivity index (χ4v) is 2.68. The monoisotopic (exact) mass is 349 g/mol. The molecule has 0 bridgehead atoms. The number of amides is 1. The predicted molar refractivity (Wildman–Crippen MR) is 98.8 cm³/mol. The van der Waals surface area contributed by atoms with Gasteiger partial charge < -0.3 is 5.32 Å². The fourth-order valence-electron chi connectivity index (χ4n) is 2.68. The first kappa shape index (κ1) is 17.8. The SMILES string of the molecule is O=C(CNC(c1ccccc1)c1ccccn1)NCc1ccccc1F. The van der Waals surface area contributed by atoms with Crippen molar-refractivity contribution in [1.29, 1.82) is 0 Å². The van der Waals surface area contributed by atoms with E-state index in [0.29, 0.717) is 5.56 Å². The molecule has 2 aromatic carbocycles. The molecule has 1 unspecified atom stereocenters. The average molecular weight is 349 g/mol. The van der Waals surface area contributed by atoms with Crippen molar-refractivity contribution in [2.24, 2.45) is 0 Å². The van der Waals surface area contributed by atoms with Crippen LogP contribution in [0.3, 0.4) is 0 Å². The van der Waals surface area contributed by atoms with Gasteiger partial charge in [-0.2, -0.15) is 0 Å². The molecule has 132 valence electrons. The third-order valence-corrected chi connectivity index (χ3v) is 4.02. The van der Waals surface area contributed by atoms with E-state index in [1.165, 1.54) is 6.07 Å². The number of carbonyl (C=O) groups is 1. The molecule has 0 aliphatic heterocycles. The van der Waals surface area contributed by atoms with Crippen molar-refractivity contribution in [1.82, 2.24) is 15.6 Å². The highest BCUT2D eigenvalue weighted by Gasteiger charge is 2.16. The second-order valence-corrected chi connectivity index (χ2v) is 5.85. The molecule has 0 aliphatic carbocycles. The molecule has 0 saturated heterocycles. The van der Waals surface area contributed by atoms with Crippen molar-refractivity contribution in [2.45, 2.75) is 12.6 Å². The molecule has 3 rings (SSSR count). The Bertz CT molecular complexity index is 801. The first-order chi connectivity index (χ1) is 12.7. The van der Waals surface area contributed by atoms with Gasteiger partial charge in [0.1, 0.15) is 5.82 Å². The third-order valence-electron chi connectivity index (χ3n) is 4.02. The third kappa shape index (κ3) is 4.74. The number of pyridine rings is 1. The van der Waals surface area contributed by atoms with Gasteiger partial charge in [0.2, 0.25) is 5.91 Å². The number of nitrogens with zero attached hydrogens (tertiary/aromatic N) is 1. The molecule has 5 heteroatoms. The molecule has 4 nitrogen and oxygen atoms in total. The van der Waals surface area contributed by atoms with Crippen LogP contribution < -0.4 is 10.6 Å². The molecule has 0 fully saturated rings. The van der Waals surface area contributed by atoms with Gasteiger partial charge in [0.25, 0.3) is 0 Å². The molecule has 1 aromatic heterocycles.